The molecule has 0 bridgehead atoms. The Bertz CT molecular complexity index is 453. The van der Waals surface area contributed by atoms with E-state index in [1.165, 1.54) is 0 Å². The van der Waals surface area contributed by atoms with Crippen LogP contribution in [0.5, 0.6) is 0 Å². The summed E-state index contributed by atoms with van der Waals surface area (Å²) in [6.45, 7) is -0.0119. The summed E-state index contributed by atoms with van der Waals surface area (Å²) in [7, 11) is 0. The monoisotopic (exact) mass is 286 g/mol. The number of hydrogen-bond donors (Lipinski definition) is 3. The molecule has 0 saturated carbocycles. The number of hydrogen-bond acceptors (Lipinski definition) is 5. The van der Waals surface area contributed by atoms with Gasteiger partial charge in [-0.2, -0.15) is 0 Å². The van der Waals surface area contributed by atoms with Gasteiger partial charge in [0.2, 0.25) is 0 Å². The molecule has 6 nitrogen and oxygen atoms in total. The number of ether oxygens (including phenoxy) is 2. The lowest BCUT2D eigenvalue weighted by molar-refractivity contribution is -0.274. The molecule has 0 aromatic heterocycles. The number of aliphatic hydroxyl groups is 2. The van der Waals surface area contributed by atoms with E-state index in [9.17, 15) is 19.4 Å². The minimum absolute atomic E-state index is 0.0119. The fourth-order valence-corrected chi connectivity index (χ4v) is 1.99. The highest BCUT2D eigenvalue weighted by molar-refractivity contribution is 5.73. The van der Waals surface area contributed by atoms with Crippen molar-refractivity contribution in [3.05, 3.63) is 35.9 Å². The van der Waals surface area contributed by atoms with E-state index in [0.29, 0.717) is 0 Å². The fourth-order valence-electron chi connectivity index (χ4n) is 1.99. The second-order valence-electron chi connectivity index (χ2n) is 4.48. The Balaban J connectivity index is 2.05. The molecule has 1 fully saturated rings. The molecule has 1 heterocycles. The Labute approximate surface area is 114 Å². The molecule has 0 aliphatic carbocycles. The standard InChI is InChI=1S/C13H15FO6/c14-8-10(19-6-7-4-2-1-3-5-7)9(15)11(12(16)17)20-13(8)18/h1-5,8-11,13,15,18H,6H2,(H,16,17)/t8-,9+,10-,11+,13-/m1/s1. The Morgan fingerprint density at radius 1 is 1.30 bits per heavy atom. The molecule has 1 aromatic carbocycles. The lowest BCUT2D eigenvalue weighted by atomic mass is 9.99. The maximum Gasteiger partial charge on any atom is 0.335 e. The molecule has 1 aromatic rings. The van der Waals surface area contributed by atoms with Crippen LogP contribution in [-0.2, 0) is 20.9 Å². The van der Waals surface area contributed by atoms with Crippen molar-refractivity contribution in [1.29, 1.82) is 0 Å². The Morgan fingerprint density at radius 3 is 2.55 bits per heavy atom. The lowest BCUT2D eigenvalue weighted by Crippen LogP contribution is -2.59. The smallest absolute Gasteiger partial charge is 0.335 e. The molecule has 5 atom stereocenters. The fraction of sp³-hybridized carbons (Fsp3) is 0.462. The molecule has 0 unspecified atom stereocenters. The van der Waals surface area contributed by atoms with Gasteiger partial charge in [0, 0.05) is 0 Å². The van der Waals surface area contributed by atoms with Gasteiger partial charge in [-0.25, -0.2) is 9.18 Å². The van der Waals surface area contributed by atoms with Crippen molar-refractivity contribution in [2.75, 3.05) is 0 Å². The second-order valence-corrected chi connectivity index (χ2v) is 4.48. The summed E-state index contributed by atoms with van der Waals surface area (Å²) in [6, 6.07) is 8.81. The van der Waals surface area contributed by atoms with Gasteiger partial charge in [-0.1, -0.05) is 30.3 Å². The quantitative estimate of drug-likeness (QED) is 0.725. The summed E-state index contributed by atoms with van der Waals surface area (Å²) in [5.74, 6) is -1.49. The summed E-state index contributed by atoms with van der Waals surface area (Å²) >= 11 is 0. The van der Waals surface area contributed by atoms with Crippen molar-refractivity contribution in [2.45, 2.75) is 37.4 Å². The van der Waals surface area contributed by atoms with Crippen LogP contribution in [0.1, 0.15) is 5.56 Å². The van der Waals surface area contributed by atoms with Crippen LogP contribution in [-0.4, -0.2) is 52.1 Å². The first-order valence-electron chi connectivity index (χ1n) is 6.04. The third-order valence-electron chi connectivity index (χ3n) is 3.05. The molecule has 2 rings (SSSR count). The summed E-state index contributed by atoms with van der Waals surface area (Å²) in [4.78, 5) is 10.9. The number of rotatable bonds is 4. The topological polar surface area (TPSA) is 96.2 Å². The highest BCUT2D eigenvalue weighted by Gasteiger charge is 2.48. The number of aliphatic carboxylic acids is 1. The number of benzene rings is 1. The van der Waals surface area contributed by atoms with Gasteiger partial charge < -0.3 is 24.8 Å². The molecule has 110 valence electrons. The zero-order chi connectivity index (χ0) is 14.7. The number of aliphatic hydroxyl groups excluding tert-OH is 2. The van der Waals surface area contributed by atoms with Crippen LogP contribution >= 0.6 is 0 Å². The van der Waals surface area contributed by atoms with E-state index >= 15 is 0 Å². The van der Waals surface area contributed by atoms with E-state index in [-0.39, 0.29) is 6.61 Å². The van der Waals surface area contributed by atoms with E-state index in [1.807, 2.05) is 0 Å². The van der Waals surface area contributed by atoms with Gasteiger partial charge >= 0.3 is 5.97 Å². The molecule has 1 saturated heterocycles. The number of carboxylic acids is 1. The molecule has 20 heavy (non-hydrogen) atoms. The Hall–Kier alpha value is -1.54. The van der Waals surface area contributed by atoms with Gasteiger partial charge in [-0.05, 0) is 5.56 Å². The third kappa shape index (κ3) is 3.13. The third-order valence-corrected chi connectivity index (χ3v) is 3.05. The SMILES string of the molecule is O=C(O)[C@H]1O[C@@H](O)[C@H](F)[C@@H](OCc2ccccc2)[C@@H]1O. The number of alkyl halides is 1. The normalized spacial score (nSPS) is 33.9. The summed E-state index contributed by atoms with van der Waals surface area (Å²) < 4.78 is 23.5. The highest BCUT2D eigenvalue weighted by Crippen LogP contribution is 2.25. The lowest BCUT2D eigenvalue weighted by Gasteiger charge is -2.37. The zero-order valence-electron chi connectivity index (χ0n) is 10.4. The molecular weight excluding hydrogens is 271 g/mol. The van der Waals surface area contributed by atoms with Crippen molar-refractivity contribution in [3.63, 3.8) is 0 Å². The van der Waals surface area contributed by atoms with Crippen LogP contribution in [0.15, 0.2) is 30.3 Å². The summed E-state index contributed by atoms with van der Waals surface area (Å²) in [5, 5.41) is 28.0. The van der Waals surface area contributed by atoms with Gasteiger partial charge in [0.1, 0.15) is 12.2 Å². The van der Waals surface area contributed by atoms with Crippen molar-refractivity contribution in [2.24, 2.45) is 0 Å². The summed E-state index contributed by atoms with van der Waals surface area (Å²) in [5.41, 5.74) is 0.736. The minimum Gasteiger partial charge on any atom is -0.479 e. The van der Waals surface area contributed by atoms with E-state index in [0.717, 1.165) is 5.56 Å². The molecule has 7 heteroatoms. The van der Waals surface area contributed by atoms with Crippen LogP contribution in [0.25, 0.3) is 0 Å². The second kappa shape index (κ2) is 6.27. The first-order valence-corrected chi connectivity index (χ1v) is 6.04. The van der Waals surface area contributed by atoms with Crippen LogP contribution in [0, 0.1) is 0 Å². The summed E-state index contributed by atoms with van der Waals surface area (Å²) in [6.07, 6.45) is -8.86. The van der Waals surface area contributed by atoms with Crippen LogP contribution < -0.4 is 0 Å². The molecular formula is C13H15FO6. The minimum atomic E-state index is -2.02. The maximum absolute atomic E-state index is 13.8. The molecule has 0 radical (unpaired) electrons. The van der Waals surface area contributed by atoms with Crippen molar-refractivity contribution >= 4 is 5.97 Å². The first kappa shape index (κ1) is 14.9. The van der Waals surface area contributed by atoms with Crippen molar-refractivity contribution < 1.29 is 34.0 Å². The van der Waals surface area contributed by atoms with Crippen LogP contribution in [0.3, 0.4) is 0 Å². The first-order chi connectivity index (χ1) is 9.50. The van der Waals surface area contributed by atoms with Crippen molar-refractivity contribution in [1.82, 2.24) is 0 Å². The van der Waals surface area contributed by atoms with Crippen molar-refractivity contribution in [3.8, 4) is 0 Å². The highest BCUT2D eigenvalue weighted by atomic mass is 19.1. The van der Waals surface area contributed by atoms with E-state index in [1.54, 1.807) is 30.3 Å². The predicted molar refractivity (Wildman–Crippen MR) is 64.4 cm³/mol. The van der Waals surface area contributed by atoms with Crippen LogP contribution in [0.2, 0.25) is 0 Å². The van der Waals surface area contributed by atoms with E-state index in [4.69, 9.17) is 9.84 Å². The maximum atomic E-state index is 13.8. The van der Waals surface area contributed by atoms with Gasteiger partial charge in [-0.15, -0.1) is 0 Å². The van der Waals surface area contributed by atoms with Gasteiger partial charge in [-0.3, -0.25) is 0 Å². The number of halogens is 1. The number of carbonyl (C=O) groups is 1. The number of carboxylic acid groups (broad SMARTS) is 1. The average Bonchev–Trinajstić information content (AvgIpc) is 2.43. The van der Waals surface area contributed by atoms with Gasteiger partial charge in [0.15, 0.2) is 18.6 Å². The van der Waals surface area contributed by atoms with E-state index in [2.05, 4.69) is 4.74 Å². The van der Waals surface area contributed by atoms with Crippen LogP contribution in [0.4, 0.5) is 4.39 Å². The Morgan fingerprint density at radius 2 is 1.95 bits per heavy atom. The molecule has 0 spiro atoms. The largest absolute Gasteiger partial charge is 0.479 e. The van der Waals surface area contributed by atoms with Gasteiger partial charge in [0.05, 0.1) is 6.61 Å². The van der Waals surface area contributed by atoms with E-state index < -0.39 is 36.7 Å². The molecule has 0 amide bonds. The van der Waals surface area contributed by atoms with Gasteiger partial charge in [0.25, 0.3) is 0 Å². The Kier molecular flexibility index (Phi) is 4.66. The average molecular weight is 286 g/mol. The zero-order valence-corrected chi connectivity index (χ0v) is 10.4. The molecule has 3 N–H and O–H groups in total. The molecule has 1 aliphatic rings. The predicted octanol–water partition coefficient (Wildman–Crippen LogP) is 0.0726. The molecule has 1 aliphatic heterocycles.